The number of hydrogen-bond donors (Lipinski definition) is 1. The zero-order valence-corrected chi connectivity index (χ0v) is 13.4. The lowest BCUT2D eigenvalue weighted by atomic mass is 10.0. The van der Waals surface area contributed by atoms with Gasteiger partial charge in [0.05, 0.1) is 0 Å². The highest BCUT2D eigenvalue weighted by Crippen LogP contribution is 2.18. The van der Waals surface area contributed by atoms with Gasteiger partial charge in [0.25, 0.3) is 0 Å². The summed E-state index contributed by atoms with van der Waals surface area (Å²) in [5.41, 5.74) is 5.69. The van der Waals surface area contributed by atoms with Crippen LogP contribution in [0.25, 0.3) is 5.57 Å². The van der Waals surface area contributed by atoms with E-state index in [1.165, 1.54) is 11.1 Å². The number of allylic oxidation sites excluding steroid dienone is 2. The Morgan fingerprint density at radius 1 is 1.00 bits per heavy atom. The third-order valence-corrected chi connectivity index (χ3v) is 3.61. The number of nitrogens with zero attached hydrogens (tertiary/aromatic N) is 1. The van der Waals surface area contributed by atoms with E-state index >= 15 is 0 Å². The number of aliphatic imine (C=N–C) groups is 1. The fourth-order valence-corrected chi connectivity index (χ4v) is 2.06. The maximum absolute atomic E-state index is 4.26. The van der Waals surface area contributed by atoms with Crippen molar-refractivity contribution in [3.05, 3.63) is 84.0 Å². The lowest BCUT2D eigenvalue weighted by Crippen LogP contribution is -2.08. The molecule has 2 rings (SSSR count). The van der Waals surface area contributed by atoms with Crippen LogP contribution in [0.3, 0.4) is 0 Å². The van der Waals surface area contributed by atoms with Crippen molar-refractivity contribution < 1.29 is 0 Å². The molecule has 0 atom stereocenters. The topological polar surface area (TPSA) is 24.4 Å². The van der Waals surface area contributed by atoms with Gasteiger partial charge in [-0.3, -0.25) is 4.99 Å². The molecule has 1 N–H and O–H groups in total. The van der Waals surface area contributed by atoms with Gasteiger partial charge in [0, 0.05) is 12.7 Å². The Morgan fingerprint density at radius 2 is 1.73 bits per heavy atom. The molecule has 2 heteroatoms. The molecule has 0 aliphatic rings. The summed E-state index contributed by atoms with van der Waals surface area (Å²) in [6.45, 7) is 8.37. The maximum atomic E-state index is 4.26. The number of hydrogen-bond acceptors (Lipinski definition) is 1. The Morgan fingerprint density at radius 3 is 2.36 bits per heavy atom. The Kier molecular flexibility index (Phi) is 5.31. The van der Waals surface area contributed by atoms with E-state index in [2.05, 4.69) is 48.9 Å². The first-order chi connectivity index (χ1) is 10.6. The van der Waals surface area contributed by atoms with Crippen LogP contribution in [-0.4, -0.2) is 12.9 Å². The first-order valence-corrected chi connectivity index (χ1v) is 7.33. The van der Waals surface area contributed by atoms with Gasteiger partial charge in [-0.15, -0.1) is 0 Å². The maximum Gasteiger partial charge on any atom is 0.125 e. The molecule has 0 fully saturated rings. The molecular formula is C20H22N2. The van der Waals surface area contributed by atoms with Gasteiger partial charge < -0.3 is 5.32 Å². The minimum atomic E-state index is 0.802. The Labute approximate surface area is 132 Å². The van der Waals surface area contributed by atoms with Crippen molar-refractivity contribution in [2.75, 3.05) is 12.4 Å². The summed E-state index contributed by atoms with van der Waals surface area (Å²) in [5, 5.41) is 3.28. The van der Waals surface area contributed by atoms with Gasteiger partial charge in [0.2, 0.25) is 0 Å². The molecule has 2 nitrogen and oxygen atoms in total. The van der Waals surface area contributed by atoms with Crippen LogP contribution in [0.15, 0.2) is 72.3 Å². The summed E-state index contributed by atoms with van der Waals surface area (Å²) < 4.78 is 0. The van der Waals surface area contributed by atoms with Crippen LogP contribution in [-0.2, 0) is 0 Å². The molecule has 0 bridgehead atoms. The monoisotopic (exact) mass is 290 g/mol. The van der Waals surface area contributed by atoms with Crippen LogP contribution in [0.1, 0.15) is 16.7 Å². The molecule has 0 saturated carbocycles. The molecule has 22 heavy (non-hydrogen) atoms. The standard InChI is InChI=1S/C20H22N2/c1-15-10-12-18(14-17(15)3)16(2)11-13-20(21-4)22-19-8-6-5-7-9-19/h5-14H,2H2,1,3-4H3,(H,21,22)/b13-11-. The van der Waals surface area contributed by atoms with Crippen LogP contribution < -0.4 is 5.32 Å². The predicted octanol–water partition coefficient (Wildman–Crippen LogP) is 5.01. The molecule has 0 amide bonds. The van der Waals surface area contributed by atoms with Gasteiger partial charge in [-0.25, -0.2) is 0 Å². The van der Waals surface area contributed by atoms with Crippen molar-refractivity contribution in [3.8, 4) is 0 Å². The third-order valence-electron chi connectivity index (χ3n) is 3.61. The van der Waals surface area contributed by atoms with Gasteiger partial charge in [0.1, 0.15) is 5.84 Å². The average Bonchev–Trinajstić information content (AvgIpc) is 2.54. The van der Waals surface area contributed by atoms with E-state index in [1.54, 1.807) is 7.05 Å². The summed E-state index contributed by atoms with van der Waals surface area (Å²) in [6.07, 6.45) is 3.94. The van der Waals surface area contributed by atoms with Crippen molar-refractivity contribution in [2.24, 2.45) is 4.99 Å². The number of rotatable bonds is 4. The minimum absolute atomic E-state index is 0.802. The van der Waals surface area contributed by atoms with Gasteiger partial charge in [-0.2, -0.15) is 0 Å². The van der Waals surface area contributed by atoms with E-state index in [9.17, 15) is 0 Å². The zero-order valence-electron chi connectivity index (χ0n) is 13.4. The van der Waals surface area contributed by atoms with Gasteiger partial charge in [-0.1, -0.05) is 49.1 Å². The van der Waals surface area contributed by atoms with Gasteiger partial charge >= 0.3 is 0 Å². The number of nitrogens with one attached hydrogen (secondary N) is 1. The molecule has 2 aromatic carbocycles. The van der Waals surface area contributed by atoms with Crippen molar-refractivity contribution in [3.63, 3.8) is 0 Å². The quantitative estimate of drug-likeness (QED) is 0.477. The fraction of sp³-hybridized carbons (Fsp3) is 0.150. The molecule has 112 valence electrons. The summed E-state index contributed by atoms with van der Waals surface area (Å²) in [7, 11) is 1.77. The minimum Gasteiger partial charge on any atom is -0.341 e. The van der Waals surface area contributed by atoms with E-state index in [0.29, 0.717) is 0 Å². The first-order valence-electron chi connectivity index (χ1n) is 7.33. The molecule has 0 radical (unpaired) electrons. The normalized spacial score (nSPS) is 11.7. The van der Waals surface area contributed by atoms with Crippen molar-refractivity contribution in [1.82, 2.24) is 0 Å². The predicted molar refractivity (Wildman–Crippen MR) is 97.5 cm³/mol. The van der Waals surface area contributed by atoms with Crippen molar-refractivity contribution in [2.45, 2.75) is 13.8 Å². The van der Waals surface area contributed by atoms with Crippen LogP contribution in [0, 0.1) is 13.8 Å². The largest absolute Gasteiger partial charge is 0.341 e. The Hall–Kier alpha value is -2.61. The van der Waals surface area contributed by atoms with Crippen LogP contribution in [0.5, 0.6) is 0 Å². The van der Waals surface area contributed by atoms with Crippen LogP contribution in [0.2, 0.25) is 0 Å². The van der Waals surface area contributed by atoms with E-state index < -0.39 is 0 Å². The number of amidine groups is 1. The summed E-state index contributed by atoms with van der Waals surface area (Å²) in [6, 6.07) is 16.4. The summed E-state index contributed by atoms with van der Waals surface area (Å²) in [4.78, 5) is 4.26. The van der Waals surface area contributed by atoms with E-state index in [-0.39, 0.29) is 0 Å². The highest BCUT2D eigenvalue weighted by molar-refractivity contribution is 6.04. The highest BCUT2D eigenvalue weighted by Gasteiger charge is 1.99. The second-order valence-corrected chi connectivity index (χ2v) is 5.26. The number of para-hydroxylation sites is 1. The summed E-state index contributed by atoms with van der Waals surface area (Å²) >= 11 is 0. The molecule has 0 spiro atoms. The van der Waals surface area contributed by atoms with E-state index in [1.807, 2.05) is 42.5 Å². The molecule has 0 saturated heterocycles. The second-order valence-electron chi connectivity index (χ2n) is 5.26. The molecule has 2 aromatic rings. The number of benzene rings is 2. The lowest BCUT2D eigenvalue weighted by Gasteiger charge is -2.07. The SMILES string of the molecule is C=C(/C=C\C(=NC)Nc1ccccc1)c1ccc(C)c(C)c1. The molecule has 0 aliphatic carbocycles. The highest BCUT2D eigenvalue weighted by atomic mass is 15.0. The van der Waals surface area contributed by atoms with E-state index in [4.69, 9.17) is 0 Å². The smallest absolute Gasteiger partial charge is 0.125 e. The molecule has 0 aliphatic heterocycles. The second kappa shape index (κ2) is 7.41. The molecular weight excluding hydrogens is 268 g/mol. The third kappa shape index (κ3) is 4.19. The molecule has 0 aromatic heterocycles. The van der Waals surface area contributed by atoms with Crippen molar-refractivity contribution in [1.29, 1.82) is 0 Å². The lowest BCUT2D eigenvalue weighted by molar-refractivity contribution is 1.33. The van der Waals surface area contributed by atoms with Gasteiger partial charge in [-0.05, 0) is 54.3 Å². The Bertz CT molecular complexity index is 710. The Balaban J connectivity index is 2.08. The van der Waals surface area contributed by atoms with Crippen molar-refractivity contribution >= 4 is 17.1 Å². The average molecular weight is 290 g/mol. The van der Waals surface area contributed by atoms with Gasteiger partial charge in [0.15, 0.2) is 0 Å². The van der Waals surface area contributed by atoms with Crippen LogP contribution in [0.4, 0.5) is 5.69 Å². The molecule has 0 heterocycles. The van der Waals surface area contributed by atoms with E-state index in [0.717, 1.165) is 22.7 Å². The number of anilines is 1. The molecule has 0 unspecified atom stereocenters. The first kappa shape index (κ1) is 15.8. The zero-order chi connectivity index (χ0) is 15.9. The van der Waals surface area contributed by atoms with Crippen LogP contribution >= 0.6 is 0 Å². The summed E-state index contributed by atoms with van der Waals surface area (Å²) in [5.74, 6) is 0.802. The number of aryl methyl sites for hydroxylation is 2. The fourth-order valence-electron chi connectivity index (χ4n) is 2.06.